The minimum absolute atomic E-state index is 0.000225. The van der Waals surface area contributed by atoms with Gasteiger partial charge in [-0.25, -0.2) is 4.98 Å². The van der Waals surface area contributed by atoms with Crippen molar-refractivity contribution in [3.8, 4) is 0 Å². The molecule has 23 heavy (non-hydrogen) atoms. The highest BCUT2D eigenvalue weighted by atomic mass is 16.5. The molecule has 6 heteroatoms. The fraction of sp³-hybridized carbons (Fsp3) is 0.529. The Bertz CT molecular complexity index is 542. The number of pyridine rings is 1. The van der Waals surface area contributed by atoms with Crippen LogP contribution in [0.25, 0.3) is 6.08 Å². The van der Waals surface area contributed by atoms with Crippen LogP contribution in [0.2, 0.25) is 0 Å². The van der Waals surface area contributed by atoms with Gasteiger partial charge in [0.15, 0.2) is 0 Å². The molecule has 1 fully saturated rings. The number of aromatic nitrogens is 1. The number of amides is 1. The van der Waals surface area contributed by atoms with Gasteiger partial charge in [-0.1, -0.05) is 19.1 Å². The summed E-state index contributed by atoms with van der Waals surface area (Å²) in [5.74, 6) is 0.451. The van der Waals surface area contributed by atoms with E-state index in [9.17, 15) is 9.90 Å². The van der Waals surface area contributed by atoms with Gasteiger partial charge >= 0.3 is 0 Å². The zero-order valence-electron chi connectivity index (χ0n) is 13.5. The average molecular weight is 319 g/mol. The van der Waals surface area contributed by atoms with Crippen LogP contribution in [0.3, 0.4) is 0 Å². The number of rotatable bonds is 7. The summed E-state index contributed by atoms with van der Waals surface area (Å²) in [4.78, 5) is 17.7. The van der Waals surface area contributed by atoms with Gasteiger partial charge in [0.2, 0.25) is 5.91 Å². The molecule has 1 aliphatic heterocycles. The fourth-order valence-corrected chi connectivity index (χ4v) is 2.47. The van der Waals surface area contributed by atoms with E-state index in [1.165, 1.54) is 0 Å². The molecule has 2 atom stereocenters. The largest absolute Gasteiger partial charge is 0.392 e. The molecule has 1 saturated heterocycles. The van der Waals surface area contributed by atoms with Crippen molar-refractivity contribution >= 4 is 17.8 Å². The molecule has 1 aromatic heterocycles. The summed E-state index contributed by atoms with van der Waals surface area (Å²) in [6.07, 6.45) is 3.87. The summed E-state index contributed by atoms with van der Waals surface area (Å²) in [6.45, 7) is 5.08. The van der Waals surface area contributed by atoms with Gasteiger partial charge in [0.25, 0.3) is 0 Å². The Balaban J connectivity index is 1.90. The second-order valence-electron chi connectivity index (χ2n) is 5.87. The number of primary amides is 1. The topological polar surface area (TPSA) is 88.7 Å². The van der Waals surface area contributed by atoms with Crippen LogP contribution in [0.4, 0.5) is 5.82 Å². The van der Waals surface area contributed by atoms with Gasteiger partial charge in [-0.2, -0.15) is 0 Å². The van der Waals surface area contributed by atoms with Crippen molar-refractivity contribution in [3.05, 3.63) is 30.0 Å². The van der Waals surface area contributed by atoms with Crippen molar-refractivity contribution in [1.82, 2.24) is 4.98 Å². The quantitative estimate of drug-likeness (QED) is 0.788. The van der Waals surface area contributed by atoms with E-state index >= 15 is 0 Å². The molecular weight excluding hydrogens is 294 g/mol. The predicted octanol–water partition coefficient (Wildman–Crippen LogP) is 1.19. The minimum Gasteiger partial charge on any atom is -0.392 e. The molecule has 3 N–H and O–H groups in total. The normalized spacial score (nSPS) is 18.1. The fourth-order valence-electron chi connectivity index (χ4n) is 2.47. The molecule has 0 saturated carbocycles. The molecule has 0 unspecified atom stereocenters. The first-order valence-corrected chi connectivity index (χ1v) is 7.99. The van der Waals surface area contributed by atoms with Gasteiger partial charge in [0, 0.05) is 13.1 Å². The van der Waals surface area contributed by atoms with E-state index in [-0.39, 0.29) is 12.3 Å². The van der Waals surface area contributed by atoms with Crippen LogP contribution in [0.15, 0.2) is 24.3 Å². The Kier molecular flexibility index (Phi) is 6.55. The van der Waals surface area contributed by atoms with Gasteiger partial charge in [-0.05, 0) is 30.5 Å². The van der Waals surface area contributed by atoms with E-state index in [2.05, 4.69) is 9.88 Å². The number of carbonyl (C=O) groups is 1. The van der Waals surface area contributed by atoms with Crippen LogP contribution in [0.1, 0.15) is 25.5 Å². The predicted molar refractivity (Wildman–Crippen MR) is 89.9 cm³/mol. The summed E-state index contributed by atoms with van der Waals surface area (Å²) < 4.78 is 5.35. The minimum atomic E-state index is -0.704. The molecule has 1 aromatic rings. The van der Waals surface area contributed by atoms with E-state index in [1.807, 2.05) is 37.3 Å². The molecule has 0 aromatic carbocycles. The molecule has 2 rings (SSSR count). The van der Waals surface area contributed by atoms with E-state index in [0.717, 1.165) is 37.8 Å². The highest BCUT2D eigenvalue weighted by Crippen LogP contribution is 2.16. The van der Waals surface area contributed by atoms with E-state index in [1.54, 1.807) is 0 Å². The maximum atomic E-state index is 10.8. The summed E-state index contributed by atoms with van der Waals surface area (Å²) >= 11 is 0. The molecule has 1 amide bonds. The summed E-state index contributed by atoms with van der Waals surface area (Å²) in [6, 6.07) is 5.94. The van der Waals surface area contributed by atoms with Crippen LogP contribution in [0, 0.1) is 5.92 Å². The summed E-state index contributed by atoms with van der Waals surface area (Å²) in [5, 5.41) is 9.83. The molecule has 126 valence electrons. The van der Waals surface area contributed by atoms with Crippen LogP contribution in [-0.2, 0) is 9.53 Å². The molecule has 2 heterocycles. The van der Waals surface area contributed by atoms with Crippen LogP contribution < -0.4 is 10.6 Å². The molecule has 1 aliphatic rings. The Morgan fingerprint density at radius 3 is 2.91 bits per heavy atom. The van der Waals surface area contributed by atoms with Gasteiger partial charge in [0.1, 0.15) is 5.82 Å². The summed E-state index contributed by atoms with van der Waals surface area (Å²) in [5.41, 5.74) is 5.98. The van der Waals surface area contributed by atoms with Gasteiger partial charge in [-0.15, -0.1) is 0 Å². The monoisotopic (exact) mass is 319 g/mol. The highest BCUT2D eigenvalue weighted by molar-refractivity contribution is 5.74. The molecule has 0 spiro atoms. The second kappa shape index (κ2) is 8.64. The maximum absolute atomic E-state index is 10.8. The van der Waals surface area contributed by atoms with E-state index in [4.69, 9.17) is 10.5 Å². The Labute approximate surface area is 137 Å². The third-order valence-electron chi connectivity index (χ3n) is 3.95. The number of nitrogens with two attached hydrogens (primary N) is 1. The first-order chi connectivity index (χ1) is 11.1. The molecule has 0 bridgehead atoms. The second-order valence-corrected chi connectivity index (χ2v) is 5.87. The molecule has 6 nitrogen and oxygen atoms in total. The van der Waals surface area contributed by atoms with Crippen molar-refractivity contribution in [3.63, 3.8) is 0 Å². The lowest BCUT2D eigenvalue weighted by molar-refractivity contribution is -0.120. The number of allylic oxidation sites excluding steroid dienone is 1. The van der Waals surface area contributed by atoms with Gasteiger partial charge in [0.05, 0.1) is 31.4 Å². The lowest BCUT2D eigenvalue weighted by Gasteiger charge is -2.27. The Hall–Kier alpha value is -1.92. The lowest BCUT2D eigenvalue weighted by Crippen LogP contribution is -2.36. The number of anilines is 1. The standard InChI is InChI=1S/C17H25N3O3/c1-13(15(21)12-16(18)22)4-2-5-14-6-3-7-17(19-14)20-8-10-23-11-9-20/h2-3,5-7,13,15,21H,4,8-12H2,1H3,(H2,18,22)/b5-2+/t13-,15+/m1/s1. The molecule has 0 radical (unpaired) electrons. The number of nitrogens with zero attached hydrogens (tertiary/aromatic N) is 2. The number of ether oxygens (including phenoxy) is 1. The van der Waals surface area contributed by atoms with Crippen molar-refractivity contribution in [2.45, 2.75) is 25.9 Å². The summed E-state index contributed by atoms with van der Waals surface area (Å²) in [7, 11) is 0. The number of hydrogen-bond donors (Lipinski definition) is 2. The zero-order valence-corrected chi connectivity index (χ0v) is 13.5. The lowest BCUT2D eigenvalue weighted by atomic mass is 9.98. The number of aliphatic hydroxyl groups is 1. The SMILES string of the molecule is C[C@H](C/C=C/c1cccc(N2CCOCC2)n1)[C@@H](O)CC(N)=O. The third-order valence-corrected chi connectivity index (χ3v) is 3.95. The first kappa shape index (κ1) is 17.4. The van der Waals surface area contributed by atoms with Crippen molar-refractivity contribution in [1.29, 1.82) is 0 Å². The highest BCUT2D eigenvalue weighted by Gasteiger charge is 2.15. The smallest absolute Gasteiger partial charge is 0.220 e. The first-order valence-electron chi connectivity index (χ1n) is 7.99. The number of carbonyl (C=O) groups excluding carboxylic acids is 1. The Morgan fingerprint density at radius 2 is 2.22 bits per heavy atom. The van der Waals surface area contributed by atoms with Crippen molar-refractivity contribution in [2.24, 2.45) is 11.7 Å². The van der Waals surface area contributed by atoms with Crippen molar-refractivity contribution in [2.75, 3.05) is 31.2 Å². The van der Waals surface area contributed by atoms with Crippen LogP contribution in [-0.4, -0.2) is 48.4 Å². The number of morpholine rings is 1. The Morgan fingerprint density at radius 1 is 1.48 bits per heavy atom. The van der Waals surface area contributed by atoms with Gasteiger partial charge in [-0.3, -0.25) is 4.79 Å². The maximum Gasteiger partial charge on any atom is 0.220 e. The number of hydrogen-bond acceptors (Lipinski definition) is 5. The van der Waals surface area contributed by atoms with Crippen LogP contribution >= 0.6 is 0 Å². The number of aliphatic hydroxyl groups excluding tert-OH is 1. The zero-order chi connectivity index (χ0) is 16.7. The molecule has 0 aliphatic carbocycles. The third kappa shape index (κ3) is 5.65. The van der Waals surface area contributed by atoms with E-state index < -0.39 is 12.0 Å². The molecular formula is C17H25N3O3. The van der Waals surface area contributed by atoms with Crippen LogP contribution in [0.5, 0.6) is 0 Å². The van der Waals surface area contributed by atoms with Gasteiger partial charge < -0.3 is 20.5 Å². The van der Waals surface area contributed by atoms with E-state index in [0.29, 0.717) is 6.42 Å². The average Bonchev–Trinajstić information content (AvgIpc) is 2.55. The van der Waals surface area contributed by atoms with Crippen molar-refractivity contribution < 1.29 is 14.6 Å².